The molecule has 120 valence electrons. The van der Waals surface area contributed by atoms with E-state index in [0.717, 1.165) is 17.9 Å². The fourth-order valence-corrected chi connectivity index (χ4v) is 3.36. The van der Waals surface area contributed by atoms with Gasteiger partial charge in [0.2, 0.25) is 11.1 Å². The first-order valence-corrected chi connectivity index (χ1v) is 8.83. The Bertz CT molecular complexity index is 792. The minimum absolute atomic E-state index is 0.109. The van der Waals surface area contributed by atoms with Gasteiger partial charge in [-0.1, -0.05) is 17.8 Å². The number of anilines is 1. The van der Waals surface area contributed by atoms with E-state index in [0.29, 0.717) is 11.0 Å². The highest BCUT2D eigenvalue weighted by atomic mass is 32.2. The standard InChI is InChI=1S/C14H16N6OS2/c1-9-6-12(20(2)19-9)16-13(21)8-23-14-15-11(17-18-14)7-10-4-3-5-22-10/h3-6H,7-8H2,1-2H3,(H,16,21)(H,15,17,18). The molecule has 3 aromatic heterocycles. The monoisotopic (exact) mass is 348 g/mol. The summed E-state index contributed by atoms with van der Waals surface area (Å²) in [5.41, 5.74) is 0.864. The van der Waals surface area contributed by atoms with Crippen LogP contribution in [0.4, 0.5) is 5.82 Å². The summed E-state index contributed by atoms with van der Waals surface area (Å²) in [5.74, 6) is 1.63. The predicted octanol–water partition coefficient (Wildman–Crippen LogP) is 2.23. The number of carbonyl (C=O) groups excluding carboxylic acids is 1. The molecule has 3 heterocycles. The van der Waals surface area contributed by atoms with Crippen LogP contribution in [0.2, 0.25) is 0 Å². The fraction of sp³-hybridized carbons (Fsp3) is 0.286. The molecule has 0 atom stereocenters. The number of H-pyrrole nitrogens is 1. The van der Waals surface area contributed by atoms with E-state index in [1.165, 1.54) is 16.6 Å². The second-order valence-corrected chi connectivity index (χ2v) is 6.93. The van der Waals surface area contributed by atoms with Crippen LogP contribution in [0.1, 0.15) is 16.4 Å². The molecule has 0 aliphatic rings. The van der Waals surface area contributed by atoms with E-state index in [-0.39, 0.29) is 11.7 Å². The van der Waals surface area contributed by atoms with Crippen molar-refractivity contribution >= 4 is 34.8 Å². The molecule has 3 rings (SSSR count). The Morgan fingerprint density at radius 3 is 3.09 bits per heavy atom. The lowest BCUT2D eigenvalue weighted by Crippen LogP contribution is -2.16. The van der Waals surface area contributed by atoms with Crippen molar-refractivity contribution in [2.75, 3.05) is 11.1 Å². The number of nitrogens with one attached hydrogen (secondary N) is 2. The van der Waals surface area contributed by atoms with Crippen molar-refractivity contribution < 1.29 is 4.79 Å². The molecule has 0 aromatic carbocycles. The first-order chi connectivity index (χ1) is 11.1. The van der Waals surface area contributed by atoms with Gasteiger partial charge in [0, 0.05) is 24.4 Å². The van der Waals surface area contributed by atoms with Crippen molar-refractivity contribution in [1.29, 1.82) is 0 Å². The Kier molecular flexibility index (Phi) is 4.77. The van der Waals surface area contributed by atoms with Gasteiger partial charge in [0.15, 0.2) is 0 Å². The largest absolute Gasteiger partial charge is 0.310 e. The minimum atomic E-state index is -0.109. The molecule has 0 fully saturated rings. The summed E-state index contributed by atoms with van der Waals surface area (Å²) in [7, 11) is 1.79. The lowest BCUT2D eigenvalue weighted by Gasteiger charge is -2.03. The zero-order valence-electron chi connectivity index (χ0n) is 12.7. The van der Waals surface area contributed by atoms with Gasteiger partial charge in [-0.3, -0.25) is 14.6 Å². The Morgan fingerprint density at radius 2 is 2.39 bits per heavy atom. The topological polar surface area (TPSA) is 88.5 Å². The average Bonchev–Trinajstić information content (AvgIpc) is 3.21. The summed E-state index contributed by atoms with van der Waals surface area (Å²) in [6.07, 6.45) is 0.728. The number of aromatic nitrogens is 5. The molecule has 3 aromatic rings. The maximum Gasteiger partial charge on any atom is 0.235 e. The van der Waals surface area contributed by atoms with Crippen LogP contribution in [0.3, 0.4) is 0 Å². The van der Waals surface area contributed by atoms with E-state index < -0.39 is 0 Å². The number of thiophene rings is 1. The number of rotatable bonds is 6. The van der Waals surface area contributed by atoms with Gasteiger partial charge in [0.05, 0.1) is 11.4 Å². The molecule has 9 heteroatoms. The van der Waals surface area contributed by atoms with Crippen LogP contribution >= 0.6 is 23.1 Å². The van der Waals surface area contributed by atoms with Crippen LogP contribution in [0.15, 0.2) is 28.7 Å². The molecule has 0 bridgehead atoms. The Morgan fingerprint density at radius 1 is 1.52 bits per heavy atom. The summed E-state index contributed by atoms with van der Waals surface area (Å²) in [6.45, 7) is 1.88. The normalized spacial score (nSPS) is 10.9. The Hall–Kier alpha value is -2.13. The molecule has 7 nitrogen and oxygen atoms in total. The number of nitrogens with zero attached hydrogens (tertiary/aromatic N) is 4. The van der Waals surface area contributed by atoms with E-state index in [4.69, 9.17) is 0 Å². The van der Waals surface area contributed by atoms with Crippen molar-refractivity contribution in [2.45, 2.75) is 18.5 Å². The Balaban J connectivity index is 1.51. The van der Waals surface area contributed by atoms with Crippen molar-refractivity contribution in [3.8, 4) is 0 Å². The summed E-state index contributed by atoms with van der Waals surface area (Å²) < 4.78 is 1.64. The number of aromatic amines is 1. The van der Waals surface area contributed by atoms with E-state index in [9.17, 15) is 4.79 Å². The smallest absolute Gasteiger partial charge is 0.235 e. The molecule has 0 unspecified atom stereocenters. The van der Waals surface area contributed by atoms with Gasteiger partial charge in [-0.25, -0.2) is 4.98 Å². The SMILES string of the molecule is Cc1cc(NC(=O)CSc2n[nH]c(Cc3cccs3)n2)n(C)n1. The van der Waals surface area contributed by atoms with Crippen molar-refractivity contribution in [3.63, 3.8) is 0 Å². The third kappa shape index (κ3) is 4.20. The lowest BCUT2D eigenvalue weighted by atomic mass is 10.3. The van der Waals surface area contributed by atoms with Gasteiger partial charge in [-0.2, -0.15) is 5.10 Å². The van der Waals surface area contributed by atoms with E-state index in [2.05, 4.69) is 31.7 Å². The van der Waals surface area contributed by atoms with Crippen molar-refractivity contribution in [1.82, 2.24) is 25.0 Å². The van der Waals surface area contributed by atoms with Gasteiger partial charge >= 0.3 is 0 Å². The molecule has 0 aliphatic heterocycles. The number of hydrogen-bond acceptors (Lipinski definition) is 6. The second-order valence-electron chi connectivity index (χ2n) is 4.95. The average molecular weight is 348 g/mol. The highest BCUT2D eigenvalue weighted by Crippen LogP contribution is 2.17. The minimum Gasteiger partial charge on any atom is -0.310 e. The van der Waals surface area contributed by atoms with Crippen LogP contribution in [0, 0.1) is 6.92 Å². The number of aryl methyl sites for hydroxylation is 2. The molecular formula is C14H16N6OS2. The highest BCUT2D eigenvalue weighted by molar-refractivity contribution is 7.99. The molecule has 0 radical (unpaired) electrons. The molecule has 1 amide bonds. The third-order valence-electron chi connectivity index (χ3n) is 3.03. The molecular weight excluding hydrogens is 332 g/mol. The highest BCUT2D eigenvalue weighted by Gasteiger charge is 2.10. The summed E-state index contributed by atoms with van der Waals surface area (Å²) in [6, 6.07) is 5.90. The number of amides is 1. The zero-order chi connectivity index (χ0) is 16.2. The molecule has 0 saturated carbocycles. The van der Waals surface area contributed by atoms with Gasteiger partial charge in [0.25, 0.3) is 0 Å². The van der Waals surface area contributed by atoms with Crippen LogP contribution < -0.4 is 5.32 Å². The number of thioether (sulfide) groups is 1. The van der Waals surface area contributed by atoms with Crippen LogP contribution in [0.5, 0.6) is 0 Å². The third-order valence-corrected chi connectivity index (χ3v) is 4.76. The van der Waals surface area contributed by atoms with Gasteiger partial charge in [0.1, 0.15) is 11.6 Å². The fourth-order valence-electron chi connectivity index (χ4n) is 2.04. The van der Waals surface area contributed by atoms with Gasteiger partial charge in [-0.15, -0.1) is 16.4 Å². The van der Waals surface area contributed by atoms with Gasteiger partial charge < -0.3 is 5.32 Å². The van der Waals surface area contributed by atoms with Crippen LogP contribution in [-0.4, -0.2) is 36.6 Å². The van der Waals surface area contributed by atoms with E-state index in [1.54, 1.807) is 23.1 Å². The van der Waals surface area contributed by atoms with E-state index >= 15 is 0 Å². The van der Waals surface area contributed by atoms with Crippen LogP contribution in [0.25, 0.3) is 0 Å². The molecule has 0 saturated heterocycles. The predicted molar refractivity (Wildman–Crippen MR) is 90.8 cm³/mol. The maximum absolute atomic E-state index is 12.0. The summed E-state index contributed by atoms with van der Waals surface area (Å²) >= 11 is 2.98. The number of hydrogen-bond donors (Lipinski definition) is 2. The van der Waals surface area contributed by atoms with Crippen LogP contribution in [-0.2, 0) is 18.3 Å². The molecule has 0 spiro atoms. The molecule has 2 N–H and O–H groups in total. The van der Waals surface area contributed by atoms with E-state index in [1.807, 2.05) is 24.4 Å². The van der Waals surface area contributed by atoms with Gasteiger partial charge in [-0.05, 0) is 18.4 Å². The quantitative estimate of drug-likeness (QED) is 0.667. The number of carbonyl (C=O) groups is 1. The first kappa shape index (κ1) is 15.8. The first-order valence-electron chi connectivity index (χ1n) is 6.97. The summed E-state index contributed by atoms with van der Waals surface area (Å²) in [4.78, 5) is 17.6. The maximum atomic E-state index is 12.0. The lowest BCUT2D eigenvalue weighted by molar-refractivity contribution is -0.113. The van der Waals surface area contributed by atoms with Crippen molar-refractivity contribution in [3.05, 3.63) is 40.0 Å². The zero-order valence-corrected chi connectivity index (χ0v) is 14.4. The van der Waals surface area contributed by atoms with Crippen molar-refractivity contribution in [2.24, 2.45) is 7.05 Å². The molecule has 23 heavy (non-hydrogen) atoms. The summed E-state index contributed by atoms with van der Waals surface area (Å²) in [5, 5.41) is 16.7. The second kappa shape index (κ2) is 6.97. The Labute approximate surface area is 141 Å². The molecule has 0 aliphatic carbocycles.